The molecule has 4 aliphatic heterocycles. The summed E-state index contributed by atoms with van der Waals surface area (Å²) in [5.74, 6) is -34.0. The van der Waals surface area contributed by atoms with Crippen LogP contribution in [0.15, 0.2) is 120 Å². The third kappa shape index (κ3) is 41.0. The third-order valence-electron chi connectivity index (χ3n) is 19.3. The largest absolute Gasteiger partial charge is 0.869 e. The Bertz CT molecular complexity index is 4610. The molecule has 6 rings (SSSR count). The predicted octanol–water partition coefficient (Wildman–Crippen LogP) is 15.3. The number of hydroxylamine groups is 4. The van der Waals surface area contributed by atoms with Crippen LogP contribution in [0.1, 0.15) is 133 Å². The smallest absolute Gasteiger partial charge is 0.504 e. The monoisotopic (exact) mass is 2580 g/mol. The van der Waals surface area contributed by atoms with Crippen LogP contribution in [0.3, 0.4) is 0 Å². The first-order valence-corrected chi connectivity index (χ1v) is 38.3. The summed E-state index contributed by atoms with van der Waals surface area (Å²) in [6.07, 6.45) is -71.7. The summed E-state index contributed by atoms with van der Waals surface area (Å²) in [7, 11) is 0. The molecule has 4 aliphatic rings. The Kier molecular flexibility index (Phi) is 52.6. The van der Waals surface area contributed by atoms with E-state index in [4.69, 9.17) is 69.6 Å². The molecule has 0 aliphatic carbocycles. The van der Waals surface area contributed by atoms with Gasteiger partial charge in [-0.3, -0.25) is 28.8 Å². The van der Waals surface area contributed by atoms with E-state index < -0.39 is 233 Å². The van der Waals surface area contributed by atoms with Crippen molar-refractivity contribution in [3.63, 3.8) is 0 Å². The number of carbonyl (C=O) groups excluding carboxylic acids is 6. The predicted molar refractivity (Wildman–Crippen MR) is 405 cm³/mol. The van der Waals surface area contributed by atoms with Crippen LogP contribution in [-0.4, -0.2) is 223 Å². The van der Waals surface area contributed by atoms with E-state index >= 15 is 0 Å². The molecule has 0 unspecified atom stereocenters. The van der Waals surface area contributed by atoms with Gasteiger partial charge < -0.3 is 51.5 Å². The van der Waals surface area contributed by atoms with Crippen LogP contribution >= 0.6 is 69.6 Å². The van der Waals surface area contributed by atoms with Crippen LogP contribution in [0.25, 0.3) is 0 Å². The van der Waals surface area contributed by atoms with Crippen molar-refractivity contribution in [1.82, 2.24) is 0 Å². The van der Waals surface area contributed by atoms with Crippen molar-refractivity contribution in [3.05, 3.63) is 182 Å². The van der Waals surface area contributed by atoms with Gasteiger partial charge in [0.2, 0.25) is 22.2 Å². The molecule has 0 amide bonds. The normalized spacial score (nSPS) is 18.1. The van der Waals surface area contributed by atoms with E-state index in [2.05, 4.69) is 0 Å². The van der Waals surface area contributed by atoms with Gasteiger partial charge in [0.15, 0.2) is 8.59 Å². The first-order valence-electron chi connectivity index (χ1n) is 35.7. The van der Waals surface area contributed by atoms with Gasteiger partial charge >= 0.3 is 97.5 Å². The van der Waals surface area contributed by atoms with Crippen molar-refractivity contribution < 1.29 is 332 Å². The average Bonchev–Trinajstić information content (AvgIpc) is 1.57. The fourth-order valence-electron chi connectivity index (χ4n) is 8.67. The molecular formula is C72H64Cl6Dy2F36N8O20-2. The molecule has 0 N–H and O–H groups in total. The topological polar surface area (TPSA) is 425 Å². The Morgan fingerprint density at radius 3 is 0.403 bits per heavy atom. The molecule has 144 heavy (non-hydrogen) atoms. The number of nitroso groups, excluding NO2 is 4. The Morgan fingerprint density at radius 1 is 0.236 bits per heavy atom. The number of hydrogen-bond donors (Lipinski definition) is 0. The van der Waals surface area contributed by atoms with Gasteiger partial charge in [-0.05, 0) is 107 Å². The van der Waals surface area contributed by atoms with E-state index in [1.54, 1.807) is 159 Å². The van der Waals surface area contributed by atoms with Crippen molar-refractivity contribution in [2.75, 3.05) is 0 Å². The Morgan fingerprint density at radius 2 is 0.333 bits per heavy atom. The molecule has 0 aromatic heterocycles. The molecule has 0 spiro atoms. The number of nitrogens with zero attached hydrogens (tertiary/aromatic N) is 8. The fourth-order valence-corrected chi connectivity index (χ4v) is 8.67. The van der Waals surface area contributed by atoms with Crippen LogP contribution < -0.4 is 30.6 Å². The number of rotatable bonds is 10. The molecule has 0 radical (unpaired) electrons. The van der Waals surface area contributed by atoms with E-state index in [9.17, 15) is 258 Å². The second-order valence-corrected chi connectivity index (χ2v) is 34.9. The van der Waals surface area contributed by atoms with Crippen molar-refractivity contribution in [2.45, 2.75) is 238 Å². The number of carbonyl (C=O) groups is 6. The molecule has 0 saturated carbocycles. The number of ketones is 6. The van der Waals surface area contributed by atoms with E-state index in [0.29, 0.717) is 22.3 Å². The molecule has 828 valence electrons. The van der Waals surface area contributed by atoms with Gasteiger partial charge in [0.25, 0.3) is 56.9 Å². The van der Waals surface area contributed by atoms with Gasteiger partial charge in [0, 0.05) is 207 Å². The minimum Gasteiger partial charge on any atom is -0.869 e. The van der Waals surface area contributed by atoms with Gasteiger partial charge in [-0.15, -0.1) is 19.0 Å². The molecule has 4 heterocycles. The summed E-state index contributed by atoms with van der Waals surface area (Å²) in [6.45, 7) is 27.5. The van der Waals surface area contributed by atoms with E-state index in [1.165, 1.54) is 0 Å². The first kappa shape index (κ1) is 146. The van der Waals surface area contributed by atoms with Crippen LogP contribution in [0.5, 0.6) is 0 Å². The van der Waals surface area contributed by atoms with Crippen LogP contribution in [-0.2, 0) is 28.8 Å². The third-order valence-corrected chi connectivity index (χ3v) is 19.3. The minimum absolute atomic E-state index is 0. The number of hydrogen-bond acceptors (Lipinski definition) is 20. The first-order chi connectivity index (χ1) is 61.9. The molecule has 0 atom stereocenters. The van der Waals surface area contributed by atoms with Crippen LogP contribution in [0.2, 0.25) is 0 Å². The molecule has 28 nitrogen and oxygen atoms in total. The maximum atomic E-state index is 12.9. The van der Waals surface area contributed by atoms with Gasteiger partial charge in [-0.1, -0.05) is 81.7 Å². The Labute approximate surface area is 873 Å². The average molecular weight is 2580 g/mol. The second-order valence-electron chi connectivity index (χ2n) is 31.0. The summed E-state index contributed by atoms with van der Waals surface area (Å²) in [5, 5.41) is 111. The number of amidine groups is 4. The van der Waals surface area contributed by atoms with Gasteiger partial charge in [-0.2, -0.15) is 158 Å². The van der Waals surface area contributed by atoms with Gasteiger partial charge in [0.05, 0.1) is 0 Å². The van der Waals surface area contributed by atoms with Crippen LogP contribution in [0.4, 0.5) is 158 Å². The van der Waals surface area contributed by atoms with Gasteiger partial charge in [-0.25, -0.2) is 0 Å². The number of halogens is 42. The summed E-state index contributed by atoms with van der Waals surface area (Å²) in [5.41, 5.74) is -6.07. The Hall–Kier alpha value is -8.25. The number of allylic oxidation sites excluding steroid dienone is 12. The van der Waals surface area contributed by atoms with E-state index in [0.717, 1.165) is 38.0 Å². The molecular weight excluding hydrogens is 2520 g/mol. The minimum atomic E-state index is -5.46. The molecule has 2 aromatic carbocycles. The summed E-state index contributed by atoms with van der Waals surface area (Å²) in [4.78, 5) is 111. The zero-order valence-corrected chi connectivity index (χ0v) is 82.1. The zero-order chi connectivity index (χ0) is 115. The van der Waals surface area contributed by atoms with Gasteiger partial charge in [0.1, 0.15) is 41.3 Å². The summed E-state index contributed by atoms with van der Waals surface area (Å²) in [6, 6.07) is 13.0. The fraction of sp³-hybridized carbons (Fsp3) is 0.528. The molecule has 0 bridgehead atoms. The van der Waals surface area contributed by atoms with E-state index in [1.807, 2.05) is 0 Å². The van der Waals surface area contributed by atoms with Crippen molar-refractivity contribution in [1.29, 1.82) is 0 Å². The van der Waals surface area contributed by atoms with E-state index in [-0.39, 0.29) is 99.7 Å². The van der Waals surface area contributed by atoms with Crippen molar-refractivity contribution in [3.8, 4) is 0 Å². The van der Waals surface area contributed by atoms with Crippen molar-refractivity contribution >= 4 is 128 Å². The molecule has 0 saturated heterocycles. The SMILES string of the molecule is CC1(C)[N+](=O)C(c2cccc(C3=[N+]([O-])C(C)(C)C(C)(C)[N+]3=O)c2)=[N+]([O-])C1(C)C.CC1(C)[N+](=O)C(c2cccc(C3=[N+]([O-])C(C)(C)C(C)(C)[N+]3=O)c2)=[N+]([O-])C1(C)C.ClC(Cl)Cl.ClC(Cl)Cl.O=C(/C=C(\[O-])C(F)(F)F)C(F)(F)F.O=C(/C=C(\[O-])C(F)(F)F)C(F)(F)F.O=C(/C=C(\[O-])C(F)(F)F)C(F)(F)F.O=C(/C=C(\[O-])C(F)(F)F)C(F)(F)F.O=C(/C=C(\[O-])C(F)(F)F)C(F)(F)F.O=C(/C=C(\[O-])C(F)(F)F)C(F)(F)F.[Dy].[Dy]. The number of benzene rings is 2. The Balaban J connectivity index is -0.000000383. The van der Waals surface area contributed by atoms with Crippen molar-refractivity contribution in [2.24, 2.45) is 0 Å². The van der Waals surface area contributed by atoms with Crippen LogP contribution in [0, 0.1) is 117 Å². The summed E-state index contributed by atoms with van der Waals surface area (Å²) >= 11 is 28.8. The molecule has 72 heteroatoms. The maximum absolute atomic E-state index is 12.9. The summed E-state index contributed by atoms with van der Waals surface area (Å²) < 4.78 is 411. The standard InChI is InChI=1S/2C20H28N4O4.6C5H2F6O2.2CHCl3.2Dy/c2*1-17(2)18(3,4)22(26)15(21(17)25)13-10-9-11-14(12-13)16-23(27)19(5,6)20(7,8)24(16)28;6*6-4(7,8)2(12)1-3(13)5(9,10)11;2*2-1(3)4;;/h2*9-12H,1-8H3;6*1,12H;2*1H;;/q2*+2;;;;;;;;;;/p-6/b;;6*2-1-;;;;. The maximum Gasteiger partial charge on any atom is 0.504 e. The number of alkyl halides is 42. The zero-order valence-electron chi connectivity index (χ0n) is 73.5. The molecule has 2 aromatic rings. The molecule has 0 fully saturated rings. The quantitative estimate of drug-likeness (QED) is 0.0532. The second kappa shape index (κ2) is 51.8.